The highest BCUT2D eigenvalue weighted by Crippen LogP contribution is 2.18. The van der Waals surface area contributed by atoms with Crippen LogP contribution in [0.15, 0.2) is 24.8 Å². The fourth-order valence-corrected chi connectivity index (χ4v) is 1.05. The molecule has 0 amide bonds. The van der Waals surface area contributed by atoms with Crippen molar-refractivity contribution in [1.82, 2.24) is 0 Å². The summed E-state index contributed by atoms with van der Waals surface area (Å²) in [5.74, 6) is -0.259. The van der Waals surface area contributed by atoms with Gasteiger partial charge in [0.1, 0.15) is 0 Å². The van der Waals surface area contributed by atoms with Gasteiger partial charge in [0.25, 0.3) is 0 Å². The molecule has 2 atom stereocenters. The summed E-state index contributed by atoms with van der Waals surface area (Å²) >= 11 is 0. The van der Waals surface area contributed by atoms with E-state index in [2.05, 4.69) is 6.58 Å². The maximum Gasteiger partial charge on any atom is 0.161 e. The van der Waals surface area contributed by atoms with Crippen LogP contribution in [0.1, 0.15) is 6.42 Å². The maximum absolute atomic E-state index is 10.9. The van der Waals surface area contributed by atoms with Crippen LogP contribution in [-0.2, 0) is 4.79 Å². The number of carbonyl (C=O) groups is 1. The number of allylic oxidation sites excluding steroid dienone is 2. The molecule has 0 aromatic carbocycles. The molecule has 1 aliphatic rings. The number of rotatable bonds is 2. The van der Waals surface area contributed by atoms with Gasteiger partial charge in [-0.1, -0.05) is 12.2 Å². The van der Waals surface area contributed by atoms with Crippen LogP contribution in [0.25, 0.3) is 0 Å². The van der Waals surface area contributed by atoms with E-state index in [1.807, 2.05) is 0 Å². The Morgan fingerprint density at radius 3 is 2.90 bits per heavy atom. The fraction of sp³-hybridized carbons (Fsp3) is 0.375. The molecule has 1 aliphatic carbocycles. The first-order valence-electron chi connectivity index (χ1n) is 3.26. The van der Waals surface area contributed by atoms with Crippen molar-refractivity contribution in [3.8, 4) is 0 Å². The van der Waals surface area contributed by atoms with Crippen molar-refractivity contribution in [2.75, 3.05) is 0 Å². The number of ketones is 1. The molecule has 2 heteroatoms. The largest absolute Gasteiger partial charge is 0.388 e. The van der Waals surface area contributed by atoms with Crippen molar-refractivity contribution in [3.05, 3.63) is 24.8 Å². The van der Waals surface area contributed by atoms with Crippen LogP contribution in [0.3, 0.4) is 0 Å². The lowest BCUT2D eigenvalue weighted by Gasteiger charge is -2.08. The second-order valence-corrected chi connectivity index (χ2v) is 2.38. The molecule has 0 saturated carbocycles. The summed E-state index contributed by atoms with van der Waals surface area (Å²) in [6.45, 7) is 3.50. The normalized spacial score (nSPS) is 31.1. The minimum atomic E-state index is -0.592. The Kier molecular flexibility index (Phi) is 2.02. The molecule has 0 spiro atoms. The van der Waals surface area contributed by atoms with Crippen molar-refractivity contribution >= 4 is 5.78 Å². The third kappa shape index (κ3) is 1.16. The van der Waals surface area contributed by atoms with E-state index in [4.69, 9.17) is 5.11 Å². The molecule has 1 rings (SSSR count). The Hall–Kier alpha value is -0.890. The molecule has 0 fully saturated rings. The second-order valence-electron chi connectivity index (χ2n) is 2.38. The summed E-state index contributed by atoms with van der Waals surface area (Å²) in [6.07, 6.45) is 4.58. The number of aliphatic hydroxyl groups excluding tert-OH is 1. The van der Waals surface area contributed by atoms with E-state index >= 15 is 0 Å². The van der Waals surface area contributed by atoms with Crippen molar-refractivity contribution in [1.29, 1.82) is 0 Å². The summed E-state index contributed by atoms with van der Waals surface area (Å²) in [5.41, 5.74) is 0. The van der Waals surface area contributed by atoms with Crippen molar-refractivity contribution in [2.24, 2.45) is 5.92 Å². The highest BCUT2D eigenvalue weighted by molar-refractivity contribution is 5.95. The Morgan fingerprint density at radius 2 is 2.50 bits per heavy atom. The minimum absolute atomic E-state index is 0.00685. The summed E-state index contributed by atoms with van der Waals surface area (Å²) in [5, 5.41) is 9.14. The lowest BCUT2D eigenvalue weighted by Crippen LogP contribution is -2.18. The molecular weight excluding hydrogens is 128 g/mol. The van der Waals surface area contributed by atoms with Gasteiger partial charge >= 0.3 is 0 Å². The molecule has 0 aliphatic heterocycles. The van der Waals surface area contributed by atoms with Gasteiger partial charge in [-0.2, -0.15) is 0 Å². The highest BCUT2D eigenvalue weighted by Gasteiger charge is 2.26. The average Bonchev–Trinajstić information content (AvgIpc) is 2.20. The van der Waals surface area contributed by atoms with Crippen LogP contribution in [0.2, 0.25) is 0 Å². The molecule has 0 heterocycles. The molecule has 1 unspecified atom stereocenters. The number of hydrogen-bond acceptors (Lipinski definition) is 2. The maximum atomic E-state index is 10.9. The van der Waals surface area contributed by atoms with Crippen molar-refractivity contribution in [3.63, 3.8) is 0 Å². The van der Waals surface area contributed by atoms with Gasteiger partial charge in [0.15, 0.2) is 5.78 Å². The first kappa shape index (κ1) is 7.22. The summed E-state index contributed by atoms with van der Waals surface area (Å²) in [4.78, 5) is 10.9. The molecule has 2 nitrogen and oxygen atoms in total. The molecule has 10 heavy (non-hydrogen) atoms. The van der Waals surface area contributed by atoms with Gasteiger partial charge in [-0.05, 0) is 12.5 Å². The molecule has 0 radical (unpaired) electrons. The van der Waals surface area contributed by atoms with Gasteiger partial charge in [0, 0.05) is 0 Å². The highest BCUT2D eigenvalue weighted by atomic mass is 16.3. The monoisotopic (exact) mass is 138 g/mol. The summed E-state index contributed by atoms with van der Waals surface area (Å²) < 4.78 is 0. The number of aliphatic hydroxyl groups is 1. The molecule has 0 aromatic heterocycles. The average molecular weight is 138 g/mol. The van der Waals surface area contributed by atoms with Crippen molar-refractivity contribution < 1.29 is 9.90 Å². The second kappa shape index (κ2) is 2.80. The third-order valence-electron chi connectivity index (χ3n) is 1.66. The Labute approximate surface area is 59.9 Å². The van der Waals surface area contributed by atoms with Gasteiger partial charge in [0.05, 0.1) is 12.0 Å². The Balaban J connectivity index is 2.59. The lowest BCUT2D eigenvalue weighted by molar-refractivity contribution is -0.119. The number of carbonyl (C=O) groups excluding carboxylic acids is 1. The number of hydrogen-bond donors (Lipinski definition) is 1. The SMILES string of the molecule is C=CCC1C(=O)C=C[C@@H]1O. The van der Waals surface area contributed by atoms with Gasteiger partial charge in [-0.25, -0.2) is 0 Å². The van der Waals surface area contributed by atoms with E-state index in [1.165, 1.54) is 12.2 Å². The summed E-state index contributed by atoms with van der Waals surface area (Å²) in [7, 11) is 0. The van der Waals surface area contributed by atoms with Crippen LogP contribution < -0.4 is 0 Å². The molecular formula is C8H10O2. The molecule has 0 aromatic rings. The molecule has 0 saturated heterocycles. The van der Waals surface area contributed by atoms with E-state index < -0.39 is 6.10 Å². The molecule has 1 N–H and O–H groups in total. The quantitative estimate of drug-likeness (QED) is 0.570. The Bertz CT molecular complexity index is 182. The van der Waals surface area contributed by atoms with E-state index in [9.17, 15) is 4.79 Å². The molecule has 0 bridgehead atoms. The third-order valence-corrected chi connectivity index (χ3v) is 1.66. The lowest BCUT2D eigenvalue weighted by atomic mass is 10.0. The van der Waals surface area contributed by atoms with Gasteiger partial charge in [-0.3, -0.25) is 4.79 Å². The first-order valence-corrected chi connectivity index (χ1v) is 3.26. The van der Waals surface area contributed by atoms with Crippen LogP contribution in [0, 0.1) is 5.92 Å². The fourth-order valence-electron chi connectivity index (χ4n) is 1.05. The first-order chi connectivity index (χ1) is 4.75. The minimum Gasteiger partial charge on any atom is -0.388 e. The van der Waals surface area contributed by atoms with Gasteiger partial charge in [-0.15, -0.1) is 6.58 Å². The van der Waals surface area contributed by atoms with Gasteiger partial charge in [0.2, 0.25) is 0 Å². The standard InChI is InChI=1S/C8H10O2/c1-2-3-6-7(9)4-5-8(6)10/h2,4-7,9H,1,3H2/t6?,7-/m0/s1. The zero-order chi connectivity index (χ0) is 7.56. The predicted molar refractivity (Wildman–Crippen MR) is 38.5 cm³/mol. The predicted octanol–water partition coefficient (Wildman–Crippen LogP) is 0.678. The van der Waals surface area contributed by atoms with E-state index in [0.717, 1.165) is 0 Å². The van der Waals surface area contributed by atoms with Crippen LogP contribution >= 0.6 is 0 Å². The van der Waals surface area contributed by atoms with E-state index in [0.29, 0.717) is 6.42 Å². The molecule has 54 valence electrons. The zero-order valence-corrected chi connectivity index (χ0v) is 5.66. The van der Waals surface area contributed by atoms with Crippen LogP contribution in [0.4, 0.5) is 0 Å². The smallest absolute Gasteiger partial charge is 0.161 e. The Morgan fingerprint density at radius 1 is 1.80 bits per heavy atom. The van der Waals surface area contributed by atoms with Crippen molar-refractivity contribution in [2.45, 2.75) is 12.5 Å². The topological polar surface area (TPSA) is 37.3 Å². The van der Waals surface area contributed by atoms with Crippen LogP contribution in [0.5, 0.6) is 0 Å². The summed E-state index contributed by atoms with van der Waals surface area (Å²) in [6, 6.07) is 0. The zero-order valence-electron chi connectivity index (χ0n) is 5.66. The van der Waals surface area contributed by atoms with E-state index in [-0.39, 0.29) is 11.7 Å². The van der Waals surface area contributed by atoms with Gasteiger partial charge < -0.3 is 5.11 Å². The van der Waals surface area contributed by atoms with Crippen LogP contribution in [-0.4, -0.2) is 17.0 Å². The van der Waals surface area contributed by atoms with E-state index in [1.54, 1.807) is 6.08 Å².